The third-order valence-corrected chi connectivity index (χ3v) is 8.50. The van der Waals surface area contributed by atoms with Gasteiger partial charge < -0.3 is 35.8 Å². The molecule has 1 heterocycles. The number of allylic oxidation sites excluding steroid dienone is 3. The summed E-state index contributed by atoms with van der Waals surface area (Å²) >= 11 is 0. The second-order valence-corrected chi connectivity index (χ2v) is 14.5. The van der Waals surface area contributed by atoms with Crippen molar-refractivity contribution < 1.29 is 51.5 Å². The summed E-state index contributed by atoms with van der Waals surface area (Å²) in [6, 6.07) is -4.73. The fourth-order valence-corrected chi connectivity index (χ4v) is 5.30. The summed E-state index contributed by atoms with van der Waals surface area (Å²) in [6.45, 7) is 11.1. The standard InChI is InChI=1S/C36H57F3N6O8/c1-11-12-13-14-16-23(6)28(32(50)44(9)10)42-26(46)20-40-31(49)29(47)24(19-21(2)3)41-30(48)25-17-15-18-45(25)33(51)27(22(4)5)43-34(52)53-35(7,8)36(37,38)39/h12-14,16,21-25,27-28H,11,15,17-20H2,1-10H3,(H,40,49)(H,41,48)(H,42,46)(H,43,52)/b13-12-,16-14-. The number of alkyl carbamates (subject to hydrolysis) is 1. The molecule has 1 rings (SSSR count). The molecule has 5 unspecified atom stereocenters. The van der Waals surface area contributed by atoms with Crippen molar-refractivity contribution in [2.75, 3.05) is 27.2 Å². The number of Topliss-reactive ketones (excluding diaryl/α,β-unsaturated/α-hetero) is 1. The number of rotatable bonds is 18. The Kier molecular flexibility index (Phi) is 18.2. The summed E-state index contributed by atoms with van der Waals surface area (Å²) in [6.07, 6.45) is 2.34. The van der Waals surface area contributed by atoms with Crippen LogP contribution < -0.4 is 21.3 Å². The van der Waals surface area contributed by atoms with Crippen LogP contribution in [0.4, 0.5) is 18.0 Å². The minimum absolute atomic E-state index is 0.0393. The van der Waals surface area contributed by atoms with E-state index in [0.29, 0.717) is 20.3 Å². The lowest BCUT2D eigenvalue weighted by Crippen LogP contribution is -2.58. The Labute approximate surface area is 310 Å². The number of hydrogen-bond donors (Lipinski definition) is 4. The van der Waals surface area contributed by atoms with E-state index in [2.05, 4.69) is 26.0 Å². The molecule has 1 fully saturated rings. The number of alkyl halides is 3. The van der Waals surface area contributed by atoms with E-state index >= 15 is 0 Å². The van der Waals surface area contributed by atoms with Crippen molar-refractivity contribution in [2.24, 2.45) is 17.8 Å². The number of nitrogens with zero attached hydrogens (tertiary/aromatic N) is 2. The number of ketones is 1. The van der Waals surface area contributed by atoms with Gasteiger partial charge in [-0.1, -0.05) is 65.8 Å². The van der Waals surface area contributed by atoms with Gasteiger partial charge in [-0.2, -0.15) is 13.2 Å². The van der Waals surface area contributed by atoms with Crippen molar-refractivity contribution in [3.63, 3.8) is 0 Å². The Morgan fingerprint density at radius 3 is 2.08 bits per heavy atom. The van der Waals surface area contributed by atoms with Gasteiger partial charge in [-0.05, 0) is 51.4 Å². The van der Waals surface area contributed by atoms with Gasteiger partial charge in [0.05, 0.1) is 12.6 Å². The van der Waals surface area contributed by atoms with Gasteiger partial charge in [0.1, 0.15) is 18.1 Å². The molecule has 300 valence electrons. The third kappa shape index (κ3) is 14.5. The van der Waals surface area contributed by atoms with E-state index in [1.807, 2.05) is 19.1 Å². The van der Waals surface area contributed by atoms with Gasteiger partial charge in [0.25, 0.3) is 5.91 Å². The van der Waals surface area contributed by atoms with Crippen LogP contribution in [0, 0.1) is 17.8 Å². The molecule has 1 aliphatic heterocycles. The highest BCUT2D eigenvalue weighted by atomic mass is 19.4. The number of hydrogen-bond acceptors (Lipinski definition) is 8. The molecule has 0 aliphatic carbocycles. The van der Waals surface area contributed by atoms with E-state index in [1.165, 1.54) is 23.9 Å². The van der Waals surface area contributed by atoms with E-state index in [4.69, 9.17) is 0 Å². The Bertz CT molecular complexity index is 1380. The molecule has 0 radical (unpaired) electrons. The van der Waals surface area contributed by atoms with E-state index in [-0.39, 0.29) is 31.2 Å². The Balaban J connectivity index is 3.04. The molecule has 6 amide bonds. The molecule has 0 aromatic rings. The molecule has 0 spiro atoms. The Hall–Kier alpha value is -4.44. The predicted octanol–water partition coefficient (Wildman–Crippen LogP) is 3.02. The van der Waals surface area contributed by atoms with Gasteiger partial charge in [0.2, 0.25) is 35.0 Å². The van der Waals surface area contributed by atoms with E-state index < -0.39 is 89.8 Å². The molecule has 14 nitrogen and oxygen atoms in total. The zero-order valence-electron chi connectivity index (χ0n) is 32.4. The predicted molar refractivity (Wildman–Crippen MR) is 191 cm³/mol. The van der Waals surface area contributed by atoms with E-state index in [9.17, 15) is 46.7 Å². The molecule has 0 aromatic heterocycles. The summed E-state index contributed by atoms with van der Waals surface area (Å²) in [7, 11) is 3.08. The molecule has 53 heavy (non-hydrogen) atoms. The first-order valence-corrected chi connectivity index (χ1v) is 17.8. The highest BCUT2D eigenvalue weighted by Crippen LogP contribution is 2.33. The van der Waals surface area contributed by atoms with Crippen molar-refractivity contribution >= 4 is 41.4 Å². The highest BCUT2D eigenvalue weighted by Gasteiger charge is 2.51. The zero-order chi connectivity index (χ0) is 40.8. The first kappa shape index (κ1) is 46.6. The number of carbonyl (C=O) groups excluding carboxylic acids is 7. The number of likely N-dealkylation sites (tertiary alicyclic amines) is 1. The van der Waals surface area contributed by atoms with Crippen LogP contribution in [0.3, 0.4) is 0 Å². The maximum absolute atomic E-state index is 13.6. The zero-order valence-corrected chi connectivity index (χ0v) is 32.4. The van der Waals surface area contributed by atoms with Gasteiger partial charge >= 0.3 is 12.3 Å². The molecule has 0 bridgehead atoms. The molecular formula is C36H57F3N6O8. The maximum atomic E-state index is 13.6. The largest absolute Gasteiger partial charge is 0.434 e. The quantitative estimate of drug-likeness (QED) is 0.122. The lowest BCUT2D eigenvalue weighted by Gasteiger charge is -2.32. The van der Waals surface area contributed by atoms with Crippen LogP contribution in [0.25, 0.3) is 0 Å². The third-order valence-electron chi connectivity index (χ3n) is 8.50. The first-order chi connectivity index (χ1) is 24.4. The number of halogens is 3. The monoisotopic (exact) mass is 758 g/mol. The Morgan fingerprint density at radius 1 is 0.925 bits per heavy atom. The van der Waals surface area contributed by atoms with Gasteiger partial charge in [-0.25, -0.2) is 4.79 Å². The average Bonchev–Trinajstić information content (AvgIpc) is 3.55. The molecule has 5 atom stereocenters. The maximum Gasteiger partial charge on any atom is 0.427 e. The van der Waals surface area contributed by atoms with Crippen LogP contribution in [0.5, 0.6) is 0 Å². The number of carbonyl (C=O) groups is 7. The van der Waals surface area contributed by atoms with Crippen molar-refractivity contribution in [1.29, 1.82) is 0 Å². The lowest BCUT2D eigenvalue weighted by atomic mass is 9.98. The second-order valence-electron chi connectivity index (χ2n) is 14.5. The van der Waals surface area contributed by atoms with Crippen LogP contribution in [0.15, 0.2) is 24.3 Å². The molecule has 1 aliphatic rings. The van der Waals surface area contributed by atoms with Gasteiger partial charge in [-0.15, -0.1) is 0 Å². The van der Waals surface area contributed by atoms with Crippen molar-refractivity contribution in [2.45, 2.75) is 117 Å². The van der Waals surface area contributed by atoms with Gasteiger partial charge in [0, 0.05) is 26.6 Å². The highest BCUT2D eigenvalue weighted by molar-refractivity contribution is 6.38. The smallest absolute Gasteiger partial charge is 0.427 e. The minimum atomic E-state index is -4.87. The number of likely N-dealkylation sites (N-methyl/N-ethyl adjacent to an activating group) is 1. The lowest BCUT2D eigenvalue weighted by molar-refractivity contribution is -0.244. The molecule has 1 saturated heterocycles. The van der Waals surface area contributed by atoms with Crippen LogP contribution in [-0.4, -0.2) is 114 Å². The summed E-state index contributed by atoms with van der Waals surface area (Å²) in [5, 5.41) is 9.61. The first-order valence-electron chi connectivity index (χ1n) is 17.8. The van der Waals surface area contributed by atoms with Crippen LogP contribution in [0.2, 0.25) is 0 Å². The summed E-state index contributed by atoms with van der Waals surface area (Å²) < 4.78 is 44.4. The van der Waals surface area contributed by atoms with E-state index in [1.54, 1.807) is 46.8 Å². The number of ether oxygens (including phenoxy) is 1. The second kappa shape index (κ2) is 20.7. The van der Waals surface area contributed by atoms with Gasteiger partial charge in [0.15, 0.2) is 0 Å². The fraction of sp³-hybridized carbons (Fsp3) is 0.694. The number of nitrogens with one attached hydrogen (secondary N) is 4. The molecule has 0 saturated carbocycles. The Morgan fingerprint density at radius 2 is 1.55 bits per heavy atom. The minimum Gasteiger partial charge on any atom is -0.434 e. The van der Waals surface area contributed by atoms with Crippen molar-refractivity contribution in [1.82, 2.24) is 31.1 Å². The summed E-state index contributed by atoms with van der Waals surface area (Å²) in [5.41, 5.74) is -2.83. The van der Waals surface area contributed by atoms with Crippen molar-refractivity contribution in [3.05, 3.63) is 24.3 Å². The fourth-order valence-electron chi connectivity index (χ4n) is 5.30. The molecule has 0 aromatic carbocycles. The number of amides is 6. The topological polar surface area (TPSA) is 183 Å². The molecular weight excluding hydrogens is 701 g/mol. The molecule has 4 N–H and O–H groups in total. The summed E-state index contributed by atoms with van der Waals surface area (Å²) in [4.78, 5) is 94.0. The van der Waals surface area contributed by atoms with Crippen LogP contribution >= 0.6 is 0 Å². The van der Waals surface area contributed by atoms with Crippen molar-refractivity contribution in [3.8, 4) is 0 Å². The average molecular weight is 759 g/mol. The van der Waals surface area contributed by atoms with Gasteiger partial charge in [-0.3, -0.25) is 28.8 Å². The summed E-state index contributed by atoms with van der Waals surface area (Å²) in [5.74, 6) is -5.96. The van der Waals surface area contributed by atoms with Crippen LogP contribution in [-0.2, 0) is 33.5 Å². The SMILES string of the molecule is CC/C=C\C=C/C(C)C(NC(=O)CNC(=O)C(=O)C(CC(C)C)NC(=O)C1CCCN1C(=O)C(NC(=O)OC(C)(C)C(F)(F)F)C(C)C)C(=O)N(C)C. The normalized spacial score (nSPS) is 17.3. The van der Waals surface area contributed by atoms with Crippen LogP contribution in [0.1, 0.15) is 81.1 Å². The molecule has 17 heteroatoms. The van der Waals surface area contributed by atoms with E-state index in [0.717, 1.165) is 6.42 Å².